The molecule has 2 heterocycles. The van der Waals surface area contributed by atoms with E-state index in [1.54, 1.807) is 19.1 Å². The SMILES string of the molecule is Cc1nn(-c2cc(Cc3cc(F)cc(C(F)F)c3)ccn2)cc1C(N)=O. The summed E-state index contributed by atoms with van der Waals surface area (Å²) in [6.45, 7) is 1.65. The summed E-state index contributed by atoms with van der Waals surface area (Å²) in [6.07, 6.45) is 0.507. The number of pyridine rings is 1. The number of aromatic nitrogens is 3. The summed E-state index contributed by atoms with van der Waals surface area (Å²) in [5.74, 6) is -0.867. The van der Waals surface area contributed by atoms with Crippen LogP contribution in [0.5, 0.6) is 0 Å². The largest absolute Gasteiger partial charge is 0.365 e. The quantitative estimate of drug-likeness (QED) is 0.758. The highest BCUT2D eigenvalue weighted by Gasteiger charge is 2.13. The fourth-order valence-corrected chi connectivity index (χ4v) is 2.65. The van der Waals surface area contributed by atoms with Crippen molar-refractivity contribution in [1.29, 1.82) is 0 Å². The minimum Gasteiger partial charge on any atom is -0.365 e. The van der Waals surface area contributed by atoms with Crippen molar-refractivity contribution in [2.75, 3.05) is 0 Å². The van der Waals surface area contributed by atoms with Crippen molar-refractivity contribution in [3.8, 4) is 5.82 Å². The van der Waals surface area contributed by atoms with E-state index in [0.717, 1.165) is 11.6 Å². The zero-order valence-electron chi connectivity index (χ0n) is 13.8. The maximum atomic E-state index is 13.6. The van der Waals surface area contributed by atoms with E-state index in [9.17, 15) is 18.0 Å². The van der Waals surface area contributed by atoms with Gasteiger partial charge in [-0.15, -0.1) is 0 Å². The summed E-state index contributed by atoms with van der Waals surface area (Å²) in [5, 5.41) is 4.20. The Bertz CT molecular complexity index is 969. The maximum Gasteiger partial charge on any atom is 0.263 e. The zero-order valence-corrected chi connectivity index (χ0v) is 13.8. The lowest BCUT2D eigenvalue weighted by Crippen LogP contribution is -2.11. The number of hydrogen-bond donors (Lipinski definition) is 1. The molecular formula is C18H15F3N4O. The highest BCUT2D eigenvalue weighted by molar-refractivity contribution is 5.93. The van der Waals surface area contributed by atoms with Crippen molar-refractivity contribution in [3.63, 3.8) is 0 Å². The van der Waals surface area contributed by atoms with Gasteiger partial charge in [0.25, 0.3) is 12.3 Å². The van der Waals surface area contributed by atoms with E-state index in [1.165, 1.54) is 29.2 Å². The summed E-state index contributed by atoms with van der Waals surface area (Å²) in [4.78, 5) is 15.5. The van der Waals surface area contributed by atoms with Crippen LogP contribution in [0.4, 0.5) is 13.2 Å². The Morgan fingerprint density at radius 3 is 2.65 bits per heavy atom. The number of carbonyl (C=O) groups excluding carboxylic acids is 1. The van der Waals surface area contributed by atoms with Crippen molar-refractivity contribution in [2.45, 2.75) is 19.8 Å². The molecule has 0 aliphatic heterocycles. The van der Waals surface area contributed by atoms with Gasteiger partial charge in [-0.25, -0.2) is 22.8 Å². The molecule has 3 rings (SSSR count). The summed E-state index contributed by atoms with van der Waals surface area (Å²) < 4.78 is 40.6. The van der Waals surface area contributed by atoms with E-state index in [4.69, 9.17) is 5.73 Å². The third-order valence-electron chi connectivity index (χ3n) is 3.85. The zero-order chi connectivity index (χ0) is 18.8. The van der Waals surface area contributed by atoms with Crippen molar-refractivity contribution < 1.29 is 18.0 Å². The third kappa shape index (κ3) is 3.74. The van der Waals surface area contributed by atoms with E-state index in [0.29, 0.717) is 17.1 Å². The van der Waals surface area contributed by atoms with E-state index < -0.39 is 18.1 Å². The number of nitrogens with two attached hydrogens (primary N) is 1. The van der Waals surface area contributed by atoms with Gasteiger partial charge in [-0.05, 0) is 54.8 Å². The van der Waals surface area contributed by atoms with E-state index in [2.05, 4.69) is 10.1 Å². The highest BCUT2D eigenvalue weighted by Crippen LogP contribution is 2.23. The molecule has 1 amide bonds. The van der Waals surface area contributed by atoms with Crippen molar-refractivity contribution in [2.24, 2.45) is 5.73 Å². The predicted molar refractivity (Wildman–Crippen MR) is 88.8 cm³/mol. The molecule has 0 bridgehead atoms. The van der Waals surface area contributed by atoms with Crippen LogP contribution >= 0.6 is 0 Å². The van der Waals surface area contributed by atoms with Gasteiger partial charge in [-0.3, -0.25) is 4.79 Å². The Morgan fingerprint density at radius 2 is 2.00 bits per heavy atom. The number of alkyl halides is 2. The van der Waals surface area contributed by atoms with Crippen LogP contribution < -0.4 is 5.73 Å². The van der Waals surface area contributed by atoms with Crippen LogP contribution in [0.1, 0.15) is 39.2 Å². The van der Waals surface area contributed by atoms with Gasteiger partial charge in [0.2, 0.25) is 0 Å². The van der Waals surface area contributed by atoms with Gasteiger partial charge in [-0.1, -0.05) is 0 Å². The molecule has 26 heavy (non-hydrogen) atoms. The Balaban J connectivity index is 1.91. The molecule has 0 radical (unpaired) electrons. The molecule has 0 atom stereocenters. The molecule has 5 nitrogen and oxygen atoms in total. The van der Waals surface area contributed by atoms with Crippen molar-refractivity contribution in [1.82, 2.24) is 14.8 Å². The summed E-state index contributed by atoms with van der Waals surface area (Å²) in [6, 6.07) is 6.70. The molecule has 0 aliphatic carbocycles. The van der Waals surface area contributed by atoms with Gasteiger partial charge < -0.3 is 5.73 Å². The van der Waals surface area contributed by atoms with Crippen LogP contribution in [0.2, 0.25) is 0 Å². The smallest absolute Gasteiger partial charge is 0.263 e. The molecule has 2 aromatic heterocycles. The molecule has 3 aromatic rings. The number of rotatable bonds is 5. The first kappa shape index (κ1) is 17.7. The Morgan fingerprint density at radius 1 is 1.23 bits per heavy atom. The Labute approximate surface area is 147 Å². The summed E-state index contributed by atoms with van der Waals surface area (Å²) >= 11 is 0. The average molecular weight is 360 g/mol. The third-order valence-corrected chi connectivity index (χ3v) is 3.85. The van der Waals surface area contributed by atoms with Gasteiger partial charge in [0.1, 0.15) is 5.82 Å². The van der Waals surface area contributed by atoms with Crippen LogP contribution in [0.3, 0.4) is 0 Å². The number of carbonyl (C=O) groups is 1. The molecule has 1 aromatic carbocycles. The van der Waals surface area contributed by atoms with Crippen LogP contribution in [-0.2, 0) is 6.42 Å². The van der Waals surface area contributed by atoms with Crippen molar-refractivity contribution >= 4 is 5.91 Å². The van der Waals surface area contributed by atoms with Gasteiger partial charge in [-0.2, -0.15) is 5.10 Å². The lowest BCUT2D eigenvalue weighted by atomic mass is 10.0. The molecule has 0 fully saturated rings. The van der Waals surface area contributed by atoms with Crippen molar-refractivity contribution in [3.05, 3.63) is 76.5 Å². The van der Waals surface area contributed by atoms with Gasteiger partial charge in [0.05, 0.1) is 11.3 Å². The molecule has 134 valence electrons. The summed E-state index contributed by atoms with van der Waals surface area (Å²) in [7, 11) is 0. The summed E-state index contributed by atoms with van der Waals surface area (Å²) in [5.41, 5.74) is 6.83. The molecule has 8 heteroatoms. The lowest BCUT2D eigenvalue weighted by Gasteiger charge is -2.07. The first-order chi connectivity index (χ1) is 12.3. The second-order valence-corrected chi connectivity index (χ2v) is 5.83. The molecule has 2 N–H and O–H groups in total. The molecule has 0 saturated heterocycles. The second kappa shape index (κ2) is 6.99. The monoisotopic (exact) mass is 360 g/mol. The van der Waals surface area contributed by atoms with Crippen LogP contribution in [0.25, 0.3) is 5.82 Å². The molecular weight excluding hydrogens is 345 g/mol. The fourth-order valence-electron chi connectivity index (χ4n) is 2.65. The molecule has 0 aliphatic rings. The topological polar surface area (TPSA) is 73.8 Å². The first-order valence-corrected chi connectivity index (χ1v) is 7.72. The predicted octanol–water partition coefficient (Wildman–Crippen LogP) is 3.34. The average Bonchev–Trinajstić information content (AvgIpc) is 2.96. The number of benzene rings is 1. The standard InChI is InChI=1S/C18H15F3N4O/c1-10-15(18(22)26)9-25(24-10)16-7-11(2-3-23-16)4-12-5-13(17(20)21)8-14(19)6-12/h2-3,5-9,17H,4H2,1H3,(H2,22,26). The van der Waals surface area contributed by atoms with Crippen LogP contribution in [0.15, 0.2) is 42.7 Å². The van der Waals surface area contributed by atoms with Gasteiger partial charge in [0.15, 0.2) is 5.82 Å². The number of aryl methyl sites for hydroxylation is 1. The number of primary amides is 1. The highest BCUT2D eigenvalue weighted by atomic mass is 19.3. The van der Waals surface area contributed by atoms with Crippen LogP contribution in [-0.4, -0.2) is 20.7 Å². The van der Waals surface area contributed by atoms with E-state index in [1.807, 2.05) is 0 Å². The molecule has 0 saturated carbocycles. The number of halogens is 3. The lowest BCUT2D eigenvalue weighted by molar-refractivity contribution is 0.0999. The van der Waals surface area contributed by atoms with E-state index >= 15 is 0 Å². The maximum absolute atomic E-state index is 13.6. The first-order valence-electron chi connectivity index (χ1n) is 7.72. The Hall–Kier alpha value is -3.16. The van der Waals surface area contributed by atoms with Crippen LogP contribution in [0, 0.1) is 12.7 Å². The minimum atomic E-state index is -2.74. The number of hydrogen-bond acceptors (Lipinski definition) is 3. The Kier molecular flexibility index (Phi) is 4.75. The van der Waals surface area contributed by atoms with E-state index in [-0.39, 0.29) is 17.5 Å². The van der Waals surface area contributed by atoms with Gasteiger partial charge in [0, 0.05) is 18.0 Å². The normalized spacial score (nSPS) is 11.1. The number of amides is 1. The second-order valence-electron chi connectivity index (χ2n) is 5.83. The molecule has 0 spiro atoms. The fraction of sp³-hybridized carbons (Fsp3) is 0.167. The minimum absolute atomic E-state index is 0.246. The number of nitrogens with zero attached hydrogens (tertiary/aromatic N) is 3. The van der Waals surface area contributed by atoms with Gasteiger partial charge >= 0.3 is 0 Å². The molecule has 0 unspecified atom stereocenters.